The van der Waals surface area contributed by atoms with Gasteiger partial charge in [-0.2, -0.15) is 0 Å². The van der Waals surface area contributed by atoms with Gasteiger partial charge in [0.2, 0.25) is 0 Å². The van der Waals surface area contributed by atoms with Crippen molar-refractivity contribution in [3.63, 3.8) is 0 Å². The molecule has 1 N–H and O–H groups in total. The van der Waals surface area contributed by atoms with E-state index in [1.165, 1.54) is 29.2 Å². The first kappa shape index (κ1) is 19.5. The number of hydrogen-bond acceptors (Lipinski definition) is 5. The number of halogens is 1. The number of anilines is 2. The van der Waals surface area contributed by atoms with E-state index >= 15 is 0 Å². The molecule has 1 atom stereocenters. The van der Waals surface area contributed by atoms with E-state index in [1.807, 2.05) is 24.3 Å². The van der Waals surface area contributed by atoms with Gasteiger partial charge in [0.25, 0.3) is 5.91 Å². The fourth-order valence-corrected chi connectivity index (χ4v) is 4.26. The van der Waals surface area contributed by atoms with Crippen LogP contribution in [0.4, 0.5) is 15.8 Å². The van der Waals surface area contributed by atoms with Gasteiger partial charge in [-0.1, -0.05) is 0 Å². The second-order valence-corrected chi connectivity index (χ2v) is 8.26. The number of nitrogens with zero attached hydrogens (tertiary/aromatic N) is 3. The van der Waals surface area contributed by atoms with Crippen molar-refractivity contribution >= 4 is 28.6 Å². The van der Waals surface area contributed by atoms with Gasteiger partial charge < -0.3 is 15.1 Å². The van der Waals surface area contributed by atoms with Crippen LogP contribution in [0, 0.1) is 5.82 Å². The van der Waals surface area contributed by atoms with E-state index in [0.29, 0.717) is 16.7 Å². The summed E-state index contributed by atoms with van der Waals surface area (Å²) in [5, 5.41) is 5.30. The number of benzene rings is 2. The summed E-state index contributed by atoms with van der Waals surface area (Å²) in [6.45, 7) is 2.06. The average molecular weight is 411 g/mol. The first-order chi connectivity index (χ1) is 14.0. The maximum absolute atomic E-state index is 13.1. The van der Waals surface area contributed by atoms with Crippen molar-refractivity contribution < 1.29 is 9.18 Å². The molecule has 1 aliphatic heterocycles. The van der Waals surface area contributed by atoms with Crippen molar-refractivity contribution in [1.29, 1.82) is 0 Å². The molecule has 29 heavy (non-hydrogen) atoms. The van der Waals surface area contributed by atoms with Crippen LogP contribution >= 0.6 is 11.3 Å². The van der Waals surface area contributed by atoms with Gasteiger partial charge in [-0.3, -0.25) is 4.79 Å². The zero-order chi connectivity index (χ0) is 20.4. The smallest absolute Gasteiger partial charge is 0.275 e. The summed E-state index contributed by atoms with van der Waals surface area (Å²) in [6, 6.07) is 14.6. The summed E-state index contributed by atoms with van der Waals surface area (Å²) in [5.74, 6) is -0.547. The molecular weight excluding hydrogens is 387 g/mol. The lowest BCUT2D eigenvalue weighted by molar-refractivity contribution is 0.102. The summed E-state index contributed by atoms with van der Waals surface area (Å²) in [5.41, 5.74) is 3.05. The molecule has 0 aliphatic carbocycles. The minimum Gasteiger partial charge on any atom is -0.370 e. The summed E-state index contributed by atoms with van der Waals surface area (Å²) in [6.07, 6.45) is 1.16. The third-order valence-corrected chi connectivity index (χ3v) is 6.10. The van der Waals surface area contributed by atoms with E-state index in [2.05, 4.69) is 34.2 Å². The molecule has 150 valence electrons. The van der Waals surface area contributed by atoms with Crippen LogP contribution in [0.15, 0.2) is 53.9 Å². The Morgan fingerprint density at radius 3 is 2.55 bits per heavy atom. The Bertz CT molecular complexity index is 985. The van der Waals surface area contributed by atoms with Crippen LogP contribution in [-0.4, -0.2) is 49.0 Å². The second kappa shape index (κ2) is 8.31. The fraction of sp³-hybridized carbons (Fsp3) is 0.273. The highest BCUT2D eigenvalue weighted by atomic mass is 32.1. The number of aromatic nitrogens is 1. The van der Waals surface area contributed by atoms with Gasteiger partial charge in [0.05, 0.1) is 0 Å². The van der Waals surface area contributed by atoms with Gasteiger partial charge in [-0.05, 0) is 69.0 Å². The Morgan fingerprint density at radius 1 is 1.17 bits per heavy atom. The van der Waals surface area contributed by atoms with Gasteiger partial charge in [-0.25, -0.2) is 9.37 Å². The largest absolute Gasteiger partial charge is 0.370 e. The number of rotatable bonds is 5. The molecule has 1 saturated heterocycles. The molecular formula is C22H23FN4OS. The zero-order valence-electron chi connectivity index (χ0n) is 16.4. The average Bonchev–Trinajstić information content (AvgIpc) is 3.39. The monoisotopic (exact) mass is 410 g/mol. The van der Waals surface area contributed by atoms with Gasteiger partial charge in [0.1, 0.15) is 16.5 Å². The molecule has 1 amide bonds. The van der Waals surface area contributed by atoms with E-state index in [0.717, 1.165) is 30.8 Å². The Hall–Kier alpha value is -2.77. The molecule has 4 rings (SSSR count). The molecule has 1 unspecified atom stereocenters. The maximum Gasteiger partial charge on any atom is 0.275 e. The number of carbonyl (C=O) groups excluding carboxylic acids is 1. The topological polar surface area (TPSA) is 48.5 Å². The maximum atomic E-state index is 13.1. The van der Waals surface area contributed by atoms with Crippen molar-refractivity contribution in [3.05, 3.63) is 65.4 Å². The molecule has 1 aliphatic rings. The van der Waals surface area contributed by atoms with Crippen LogP contribution in [-0.2, 0) is 0 Å². The standard InChI is InChI=1S/C22H23FN4OS/c1-26(2)19-11-12-27(13-19)18-9-7-17(8-10-18)24-21(28)20-14-29-22(25-20)15-3-5-16(23)6-4-15/h3-10,14,19H,11-13H2,1-2H3,(H,24,28). The number of amides is 1. The molecule has 3 aromatic rings. The predicted octanol–water partition coefficient (Wildman–Crippen LogP) is 4.34. The first-order valence-electron chi connectivity index (χ1n) is 9.54. The van der Waals surface area contributed by atoms with Crippen LogP contribution in [0.25, 0.3) is 10.6 Å². The lowest BCUT2D eigenvalue weighted by Crippen LogP contribution is -2.31. The molecule has 0 radical (unpaired) electrons. The highest BCUT2D eigenvalue weighted by Gasteiger charge is 2.24. The van der Waals surface area contributed by atoms with Crippen LogP contribution < -0.4 is 10.2 Å². The zero-order valence-corrected chi connectivity index (χ0v) is 17.2. The van der Waals surface area contributed by atoms with Crippen LogP contribution in [0.2, 0.25) is 0 Å². The van der Waals surface area contributed by atoms with Gasteiger partial charge >= 0.3 is 0 Å². The molecule has 0 bridgehead atoms. The highest BCUT2D eigenvalue weighted by Crippen LogP contribution is 2.26. The van der Waals surface area contributed by atoms with Crippen molar-refractivity contribution in [2.75, 3.05) is 37.4 Å². The number of hydrogen-bond donors (Lipinski definition) is 1. The van der Waals surface area contributed by atoms with Crippen molar-refractivity contribution in [2.24, 2.45) is 0 Å². The van der Waals surface area contributed by atoms with Gasteiger partial charge in [0, 0.05) is 41.4 Å². The second-order valence-electron chi connectivity index (χ2n) is 7.40. The minimum absolute atomic E-state index is 0.254. The lowest BCUT2D eigenvalue weighted by Gasteiger charge is -2.22. The van der Waals surface area contributed by atoms with E-state index in [1.54, 1.807) is 17.5 Å². The lowest BCUT2D eigenvalue weighted by atomic mass is 10.2. The Balaban J connectivity index is 1.39. The Kier molecular flexibility index (Phi) is 5.60. The molecule has 7 heteroatoms. The van der Waals surface area contributed by atoms with E-state index in [4.69, 9.17) is 0 Å². The van der Waals surface area contributed by atoms with E-state index in [9.17, 15) is 9.18 Å². The normalized spacial score (nSPS) is 16.4. The van der Waals surface area contributed by atoms with Gasteiger partial charge in [0.15, 0.2) is 0 Å². The molecule has 2 aromatic carbocycles. The summed E-state index contributed by atoms with van der Waals surface area (Å²) < 4.78 is 13.1. The number of carbonyl (C=O) groups is 1. The molecule has 2 heterocycles. The third kappa shape index (κ3) is 4.46. The quantitative estimate of drug-likeness (QED) is 0.680. The molecule has 0 spiro atoms. The van der Waals surface area contributed by atoms with E-state index in [-0.39, 0.29) is 11.7 Å². The predicted molar refractivity (Wildman–Crippen MR) is 116 cm³/mol. The summed E-state index contributed by atoms with van der Waals surface area (Å²) >= 11 is 1.36. The number of thiazole rings is 1. The molecule has 1 fully saturated rings. The third-order valence-electron chi connectivity index (χ3n) is 5.21. The van der Waals surface area contributed by atoms with Crippen LogP contribution in [0.5, 0.6) is 0 Å². The Labute approximate surface area is 173 Å². The SMILES string of the molecule is CN(C)C1CCN(c2ccc(NC(=O)c3csc(-c4ccc(F)cc4)n3)cc2)C1. The number of nitrogens with one attached hydrogen (secondary N) is 1. The van der Waals surface area contributed by atoms with Crippen LogP contribution in [0.1, 0.15) is 16.9 Å². The van der Waals surface area contributed by atoms with Crippen LogP contribution in [0.3, 0.4) is 0 Å². The highest BCUT2D eigenvalue weighted by molar-refractivity contribution is 7.13. The first-order valence-corrected chi connectivity index (χ1v) is 10.4. The molecule has 0 saturated carbocycles. The minimum atomic E-state index is -0.294. The number of likely N-dealkylation sites (N-methyl/N-ethyl adjacent to an activating group) is 1. The molecule has 5 nitrogen and oxygen atoms in total. The van der Waals surface area contributed by atoms with Crippen molar-refractivity contribution in [3.8, 4) is 10.6 Å². The summed E-state index contributed by atoms with van der Waals surface area (Å²) in [4.78, 5) is 21.5. The van der Waals surface area contributed by atoms with Crippen molar-refractivity contribution in [1.82, 2.24) is 9.88 Å². The van der Waals surface area contributed by atoms with Gasteiger partial charge in [-0.15, -0.1) is 11.3 Å². The van der Waals surface area contributed by atoms with E-state index < -0.39 is 0 Å². The van der Waals surface area contributed by atoms with Crippen molar-refractivity contribution in [2.45, 2.75) is 12.5 Å². The summed E-state index contributed by atoms with van der Waals surface area (Å²) in [7, 11) is 4.24. The molecule has 1 aromatic heterocycles. The fourth-order valence-electron chi connectivity index (χ4n) is 3.45. The Morgan fingerprint density at radius 2 is 1.90 bits per heavy atom.